The van der Waals surface area contributed by atoms with Crippen molar-refractivity contribution >= 4 is 19.0 Å². The molecule has 0 fully saturated rings. The predicted molar refractivity (Wildman–Crippen MR) is 48.2 cm³/mol. The fourth-order valence-electron chi connectivity index (χ4n) is 0.833. The van der Waals surface area contributed by atoms with Gasteiger partial charge in [-0.15, -0.1) is 0 Å². The fourth-order valence-corrected chi connectivity index (χ4v) is 1.43. The minimum atomic E-state index is -4.11. The molecule has 0 saturated carbocycles. The first-order valence-corrected chi connectivity index (χ1v) is 4.94. The first-order valence-electron chi connectivity index (χ1n) is 3.32. The van der Waals surface area contributed by atoms with Crippen LogP contribution in [-0.2, 0) is 4.57 Å². The van der Waals surface area contributed by atoms with Gasteiger partial charge in [-0.2, -0.15) is 0 Å². The topological polar surface area (TPSA) is 57.5 Å². The molecule has 1 aromatic rings. The molecule has 0 spiro atoms. The third-order valence-corrected chi connectivity index (χ3v) is 2.39. The van der Waals surface area contributed by atoms with Gasteiger partial charge in [-0.05, 0) is 17.7 Å². The van der Waals surface area contributed by atoms with E-state index in [0.29, 0.717) is 5.56 Å². The van der Waals surface area contributed by atoms with E-state index in [0.717, 1.165) is 0 Å². The zero-order valence-electron chi connectivity index (χ0n) is 6.34. The third-order valence-electron chi connectivity index (χ3n) is 1.44. The molecule has 3 nitrogen and oxygen atoms in total. The van der Waals surface area contributed by atoms with Crippen LogP contribution >= 0.6 is 7.60 Å². The third kappa shape index (κ3) is 2.05. The Kier molecular flexibility index (Phi) is 2.48. The largest absolute Gasteiger partial charge is 0.356 e. The zero-order chi connectivity index (χ0) is 9.19. The Labute approximate surface area is 70.5 Å². The van der Waals surface area contributed by atoms with Crippen LogP contribution in [-0.4, -0.2) is 9.79 Å². The van der Waals surface area contributed by atoms with Crippen molar-refractivity contribution in [3.63, 3.8) is 0 Å². The summed E-state index contributed by atoms with van der Waals surface area (Å²) in [5.74, 6) is 0. The highest BCUT2D eigenvalue weighted by Gasteiger charge is 2.15. The van der Waals surface area contributed by atoms with Crippen LogP contribution in [0.3, 0.4) is 0 Å². The quantitative estimate of drug-likeness (QED) is 0.677. The lowest BCUT2D eigenvalue weighted by molar-refractivity contribution is 0.387. The second-order valence-electron chi connectivity index (χ2n) is 2.34. The van der Waals surface area contributed by atoms with Crippen molar-refractivity contribution in [2.45, 2.75) is 0 Å². The second-order valence-corrected chi connectivity index (χ2v) is 3.95. The molecule has 0 aliphatic heterocycles. The Morgan fingerprint density at radius 2 is 2.08 bits per heavy atom. The molecule has 0 aliphatic rings. The standard InChI is InChI=1S/C8H9O3P/c1-2-7-4-3-5-8(6-7)12(9,10)11/h2-6H,1H2,(H2,9,10,11). The van der Waals surface area contributed by atoms with Crippen molar-refractivity contribution in [2.75, 3.05) is 0 Å². The van der Waals surface area contributed by atoms with E-state index in [9.17, 15) is 4.57 Å². The van der Waals surface area contributed by atoms with Crippen LogP contribution < -0.4 is 5.30 Å². The first kappa shape index (κ1) is 9.20. The molecule has 64 valence electrons. The molecular formula is C8H9O3P. The SMILES string of the molecule is C=Cc1cccc(P(=O)(O)O)c1. The van der Waals surface area contributed by atoms with Crippen LogP contribution in [0.5, 0.6) is 0 Å². The van der Waals surface area contributed by atoms with Gasteiger partial charge in [-0.3, -0.25) is 4.57 Å². The van der Waals surface area contributed by atoms with Gasteiger partial charge in [0.05, 0.1) is 5.30 Å². The number of benzene rings is 1. The van der Waals surface area contributed by atoms with Crippen molar-refractivity contribution in [1.82, 2.24) is 0 Å². The van der Waals surface area contributed by atoms with E-state index in [1.807, 2.05) is 0 Å². The molecular weight excluding hydrogens is 175 g/mol. The molecule has 0 amide bonds. The molecule has 0 radical (unpaired) electrons. The average Bonchev–Trinajstić information content (AvgIpc) is 2.03. The maximum Gasteiger partial charge on any atom is 0.356 e. The number of hydrogen-bond acceptors (Lipinski definition) is 1. The average molecular weight is 184 g/mol. The summed E-state index contributed by atoms with van der Waals surface area (Å²) in [6.45, 7) is 3.50. The molecule has 1 rings (SSSR count). The summed E-state index contributed by atoms with van der Waals surface area (Å²) in [5, 5.41) is 0.0277. The summed E-state index contributed by atoms with van der Waals surface area (Å²) in [6.07, 6.45) is 1.54. The second kappa shape index (κ2) is 3.23. The van der Waals surface area contributed by atoms with E-state index in [1.165, 1.54) is 12.1 Å². The monoisotopic (exact) mass is 184 g/mol. The first-order chi connectivity index (χ1) is 5.54. The van der Waals surface area contributed by atoms with Gasteiger partial charge in [0.1, 0.15) is 0 Å². The molecule has 0 aromatic heterocycles. The number of hydrogen-bond donors (Lipinski definition) is 2. The van der Waals surface area contributed by atoms with E-state index in [2.05, 4.69) is 6.58 Å². The number of rotatable bonds is 2. The van der Waals surface area contributed by atoms with Crippen LogP contribution in [0.1, 0.15) is 5.56 Å². The Morgan fingerprint density at radius 3 is 2.58 bits per heavy atom. The van der Waals surface area contributed by atoms with Crippen molar-refractivity contribution in [1.29, 1.82) is 0 Å². The van der Waals surface area contributed by atoms with Crippen LogP contribution in [0.15, 0.2) is 30.8 Å². The summed E-state index contributed by atoms with van der Waals surface area (Å²) in [5.41, 5.74) is 0.704. The van der Waals surface area contributed by atoms with Crippen LogP contribution in [0.25, 0.3) is 6.08 Å². The predicted octanol–water partition coefficient (Wildman–Crippen LogP) is 1.13. The summed E-state index contributed by atoms with van der Waals surface area (Å²) in [6, 6.07) is 6.14. The lowest BCUT2D eigenvalue weighted by Gasteiger charge is -2.03. The summed E-state index contributed by atoms with van der Waals surface area (Å²) in [7, 11) is -4.11. The minimum absolute atomic E-state index is 0.0277. The van der Waals surface area contributed by atoms with Gasteiger partial charge in [-0.1, -0.05) is 24.8 Å². The summed E-state index contributed by atoms with van der Waals surface area (Å²) >= 11 is 0. The Balaban J connectivity index is 3.19. The van der Waals surface area contributed by atoms with Crippen LogP contribution in [0.2, 0.25) is 0 Å². The maximum atomic E-state index is 10.8. The highest BCUT2D eigenvalue weighted by atomic mass is 31.2. The van der Waals surface area contributed by atoms with E-state index < -0.39 is 7.60 Å². The van der Waals surface area contributed by atoms with Crippen molar-refractivity contribution in [3.8, 4) is 0 Å². The molecule has 0 unspecified atom stereocenters. The molecule has 0 aliphatic carbocycles. The van der Waals surface area contributed by atoms with Crippen molar-refractivity contribution in [3.05, 3.63) is 36.4 Å². The van der Waals surface area contributed by atoms with E-state index in [1.54, 1.807) is 18.2 Å². The fraction of sp³-hybridized carbons (Fsp3) is 0. The minimum Gasteiger partial charge on any atom is -0.321 e. The lowest BCUT2D eigenvalue weighted by Crippen LogP contribution is -2.02. The molecule has 0 heterocycles. The van der Waals surface area contributed by atoms with Crippen molar-refractivity contribution in [2.24, 2.45) is 0 Å². The molecule has 12 heavy (non-hydrogen) atoms. The Bertz CT molecular complexity index is 340. The Hall–Kier alpha value is -0.890. The van der Waals surface area contributed by atoms with Crippen LogP contribution in [0, 0.1) is 0 Å². The Morgan fingerprint density at radius 1 is 1.42 bits per heavy atom. The van der Waals surface area contributed by atoms with Gasteiger partial charge in [0.15, 0.2) is 0 Å². The molecule has 0 bridgehead atoms. The van der Waals surface area contributed by atoms with Crippen LogP contribution in [0.4, 0.5) is 0 Å². The lowest BCUT2D eigenvalue weighted by atomic mass is 10.2. The van der Waals surface area contributed by atoms with E-state index in [-0.39, 0.29) is 5.30 Å². The smallest absolute Gasteiger partial charge is 0.321 e. The van der Waals surface area contributed by atoms with Gasteiger partial charge in [-0.25, -0.2) is 0 Å². The summed E-state index contributed by atoms with van der Waals surface area (Å²) in [4.78, 5) is 17.6. The van der Waals surface area contributed by atoms with Gasteiger partial charge in [0.2, 0.25) is 0 Å². The molecule has 0 atom stereocenters. The molecule has 0 saturated heterocycles. The highest BCUT2D eigenvalue weighted by molar-refractivity contribution is 7.60. The van der Waals surface area contributed by atoms with Gasteiger partial charge in [0, 0.05) is 0 Å². The van der Waals surface area contributed by atoms with Gasteiger partial charge in [0.25, 0.3) is 0 Å². The summed E-state index contributed by atoms with van der Waals surface area (Å²) < 4.78 is 10.8. The van der Waals surface area contributed by atoms with E-state index in [4.69, 9.17) is 9.79 Å². The molecule has 1 aromatic carbocycles. The van der Waals surface area contributed by atoms with E-state index >= 15 is 0 Å². The maximum absolute atomic E-state index is 10.8. The van der Waals surface area contributed by atoms with Crippen molar-refractivity contribution < 1.29 is 14.4 Å². The van der Waals surface area contributed by atoms with Gasteiger partial charge < -0.3 is 9.79 Å². The molecule has 2 N–H and O–H groups in total. The molecule has 4 heteroatoms. The normalized spacial score (nSPS) is 11.2. The zero-order valence-corrected chi connectivity index (χ0v) is 7.24. The highest BCUT2D eigenvalue weighted by Crippen LogP contribution is 2.33. The van der Waals surface area contributed by atoms with Gasteiger partial charge >= 0.3 is 7.60 Å².